The van der Waals surface area contributed by atoms with Gasteiger partial charge in [-0.3, -0.25) is 14.5 Å². The second-order valence-electron chi connectivity index (χ2n) is 7.60. The first-order chi connectivity index (χ1) is 14.7. The second kappa shape index (κ2) is 8.26. The van der Waals surface area contributed by atoms with Crippen molar-refractivity contribution in [3.63, 3.8) is 0 Å². The number of hydrogen-bond donors (Lipinski definition) is 0. The van der Waals surface area contributed by atoms with Gasteiger partial charge in [0.15, 0.2) is 5.82 Å². The van der Waals surface area contributed by atoms with Gasteiger partial charge in [-0.2, -0.15) is 0 Å². The van der Waals surface area contributed by atoms with Gasteiger partial charge in [0.2, 0.25) is 4.77 Å². The molecule has 0 unspecified atom stereocenters. The van der Waals surface area contributed by atoms with E-state index in [1.165, 1.54) is 17.7 Å². The molecule has 5 nitrogen and oxygen atoms in total. The molecule has 30 heavy (non-hydrogen) atoms. The van der Waals surface area contributed by atoms with Gasteiger partial charge in [-0.05, 0) is 67.2 Å². The molecule has 1 aromatic carbocycles. The minimum atomic E-state index is 0.442. The summed E-state index contributed by atoms with van der Waals surface area (Å²) < 4.78 is 4.76. The lowest BCUT2D eigenvalue weighted by molar-refractivity contribution is 0.192. The van der Waals surface area contributed by atoms with Crippen molar-refractivity contribution in [2.75, 3.05) is 6.54 Å². The molecule has 4 heterocycles. The molecule has 4 aromatic rings. The Morgan fingerprint density at radius 2 is 2.03 bits per heavy atom. The van der Waals surface area contributed by atoms with Crippen molar-refractivity contribution >= 4 is 23.6 Å². The van der Waals surface area contributed by atoms with Crippen molar-refractivity contribution < 1.29 is 0 Å². The highest BCUT2D eigenvalue weighted by Gasteiger charge is 2.28. The monoisotopic (exact) mass is 433 g/mol. The third kappa shape index (κ3) is 3.53. The van der Waals surface area contributed by atoms with Crippen LogP contribution in [0.2, 0.25) is 0 Å². The highest BCUT2D eigenvalue weighted by molar-refractivity contribution is 7.71. The maximum absolute atomic E-state index is 5.95. The number of aromatic nitrogens is 4. The first-order valence-corrected chi connectivity index (χ1v) is 11.4. The lowest BCUT2D eigenvalue weighted by Crippen LogP contribution is -2.26. The van der Waals surface area contributed by atoms with E-state index in [0.717, 1.165) is 29.2 Å². The third-order valence-electron chi connectivity index (χ3n) is 5.67. The quantitative estimate of drug-likeness (QED) is 0.382. The zero-order chi connectivity index (χ0) is 20.5. The molecule has 152 valence electrons. The van der Waals surface area contributed by atoms with Crippen molar-refractivity contribution in [1.29, 1.82) is 0 Å². The molecular formula is C23H23N5S2. The number of nitrogens with zero attached hydrogens (tertiary/aromatic N) is 5. The van der Waals surface area contributed by atoms with Crippen LogP contribution in [-0.2, 0) is 6.67 Å². The predicted molar refractivity (Wildman–Crippen MR) is 123 cm³/mol. The number of pyridine rings is 1. The smallest absolute Gasteiger partial charge is 0.204 e. The number of hydrogen-bond acceptors (Lipinski definition) is 5. The summed E-state index contributed by atoms with van der Waals surface area (Å²) in [6, 6.07) is 17.1. The largest absolute Gasteiger partial charge is 0.276 e. The van der Waals surface area contributed by atoms with Crippen LogP contribution in [0.1, 0.15) is 29.3 Å². The number of likely N-dealkylation sites (tertiary alicyclic amines) is 1. The summed E-state index contributed by atoms with van der Waals surface area (Å²) in [4.78, 5) is 8.21. The van der Waals surface area contributed by atoms with E-state index in [-0.39, 0.29) is 0 Å². The zero-order valence-corrected chi connectivity index (χ0v) is 18.4. The molecular weight excluding hydrogens is 410 g/mol. The molecule has 1 saturated heterocycles. The van der Waals surface area contributed by atoms with Crippen LogP contribution in [0.4, 0.5) is 0 Å². The van der Waals surface area contributed by atoms with Crippen LogP contribution in [0.15, 0.2) is 66.3 Å². The summed E-state index contributed by atoms with van der Waals surface area (Å²) in [6.45, 7) is 3.85. The van der Waals surface area contributed by atoms with E-state index in [1.54, 1.807) is 6.20 Å². The molecule has 0 amide bonds. The molecule has 1 aliphatic rings. The molecule has 0 aliphatic carbocycles. The van der Waals surface area contributed by atoms with E-state index in [2.05, 4.69) is 51.0 Å². The minimum Gasteiger partial charge on any atom is -0.276 e. The summed E-state index contributed by atoms with van der Waals surface area (Å²) in [5, 5.41) is 7.13. The van der Waals surface area contributed by atoms with Crippen molar-refractivity contribution in [1.82, 2.24) is 24.2 Å². The van der Waals surface area contributed by atoms with Gasteiger partial charge in [0.1, 0.15) is 0 Å². The van der Waals surface area contributed by atoms with E-state index >= 15 is 0 Å². The maximum atomic E-state index is 5.95. The molecule has 3 aromatic heterocycles. The van der Waals surface area contributed by atoms with Crippen LogP contribution in [0.5, 0.6) is 0 Å². The van der Waals surface area contributed by atoms with Gasteiger partial charge in [0.05, 0.1) is 12.4 Å². The Kier molecular flexibility index (Phi) is 5.33. The van der Waals surface area contributed by atoms with Crippen LogP contribution in [0, 0.1) is 11.7 Å². The fourth-order valence-corrected chi connectivity index (χ4v) is 5.36. The van der Waals surface area contributed by atoms with Crippen LogP contribution in [0.25, 0.3) is 17.1 Å². The van der Waals surface area contributed by atoms with Gasteiger partial charge >= 0.3 is 0 Å². The van der Waals surface area contributed by atoms with Gasteiger partial charge in [-0.1, -0.05) is 24.3 Å². The van der Waals surface area contributed by atoms with E-state index in [1.807, 2.05) is 46.5 Å². The Morgan fingerprint density at radius 3 is 2.80 bits per heavy atom. The number of para-hydroxylation sites is 1. The lowest BCUT2D eigenvalue weighted by atomic mass is 10.2. The summed E-state index contributed by atoms with van der Waals surface area (Å²) in [5.74, 6) is 0.828. The molecule has 0 spiro atoms. The molecule has 5 rings (SSSR count). The first kappa shape index (κ1) is 19.4. The summed E-state index contributed by atoms with van der Waals surface area (Å²) in [5.41, 5.74) is 3.18. The maximum Gasteiger partial charge on any atom is 0.204 e. The summed E-state index contributed by atoms with van der Waals surface area (Å²) >= 11 is 7.78. The molecule has 0 radical (unpaired) electrons. The number of aryl methyl sites for hydroxylation is 1. The molecule has 0 N–H and O–H groups in total. The van der Waals surface area contributed by atoms with Crippen LogP contribution in [0.3, 0.4) is 0 Å². The molecule has 1 aliphatic heterocycles. The number of thiophene rings is 1. The Balaban J connectivity index is 1.59. The Labute approximate surface area is 185 Å². The molecule has 7 heteroatoms. The fourth-order valence-electron chi connectivity index (χ4n) is 4.18. The predicted octanol–water partition coefficient (Wildman–Crippen LogP) is 5.63. The summed E-state index contributed by atoms with van der Waals surface area (Å²) in [7, 11) is 0. The molecule has 1 fully saturated rings. The first-order valence-electron chi connectivity index (χ1n) is 10.2. The highest BCUT2D eigenvalue weighted by atomic mass is 32.1. The summed E-state index contributed by atoms with van der Waals surface area (Å²) in [6.07, 6.45) is 6.01. The lowest BCUT2D eigenvalue weighted by Gasteiger charge is -2.23. The van der Waals surface area contributed by atoms with Gasteiger partial charge in [0.25, 0.3) is 0 Å². The SMILES string of the molecule is Cc1ccccc1-n1c(-c2cccnc2)nn(CN2CCC[C@H]2c2cccs2)c1=S. The minimum absolute atomic E-state index is 0.442. The number of rotatable bonds is 5. The second-order valence-corrected chi connectivity index (χ2v) is 8.94. The average Bonchev–Trinajstić information content (AvgIpc) is 3.51. The Bertz CT molecular complexity index is 1190. The van der Waals surface area contributed by atoms with Gasteiger partial charge in [0, 0.05) is 35.4 Å². The van der Waals surface area contributed by atoms with Crippen molar-refractivity contribution in [2.24, 2.45) is 0 Å². The molecule has 0 bridgehead atoms. The normalized spacial score (nSPS) is 16.9. The Morgan fingerprint density at radius 1 is 1.13 bits per heavy atom. The van der Waals surface area contributed by atoms with E-state index in [0.29, 0.717) is 17.5 Å². The zero-order valence-electron chi connectivity index (χ0n) is 16.8. The van der Waals surface area contributed by atoms with E-state index < -0.39 is 0 Å². The Hall–Kier alpha value is -2.61. The van der Waals surface area contributed by atoms with Gasteiger partial charge in [-0.25, -0.2) is 4.68 Å². The van der Waals surface area contributed by atoms with Crippen molar-refractivity contribution in [3.05, 3.63) is 81.5 Å². The molecule has 1 atom stereocenters. The van der Waals surface area contributed by atoms with Crippen molar-refractivity contribution in [3.8, 4) is 17.1 Å². The standard InChI is InChI=1S/C23H23N5S2/c1-17-7-2-3-9-19(17)28-22(18-8-4-12-24-15-18)25-27(23(28)29)16-26-13-5-10-20(26)21-11-6-14-30-21/h2-4,6-9,11-12,14-15,20H,5,10,13,16H2,1H3/t20-/m0/s1. The topological polar surface area (TPSA) is 38.9 Å². The highest BCUT2D eigenvalue weighted by Crippen LogP contribution is 2.35. The number of benzene rings is 1. The van der Waals surface area contributed by atoms with Gasteiger partial charge < -0.3 is 0 Å². The van der Waals surface area contributed by atoms with Crippen LogP contribution >= 0.6 is 23.6 Å². The third-order valence-corrected chi connectivity index (χ3v) is 7.03. The molecule has 0 saturated carbocycles. The van der Waals surface area contributed by atoms with E-state index in [4.69, 9.17) is 17.3 Å². The fraction of sp³-hybridized carbons (Fsp3) is 0.261. The average molecular weight is 434 g/mol. The van der Waals surface area contributed by atoms with Crippen LogP contribution < -0.4 is 0 Å². The van der Waals surface area contributed by atoms with Gasteiger partial charge in [-0.15, -0.1) is 16.4 Å². The van der Waals surface area contributed by atoms with E-state index in [9.17, 15) is 0 Å². The van der Waals surface area contributed by atoms with Crippen LogP contribution in [-0.4, -0.2) is 30.8 Å². The van der Waals surface area contributed by atoms with Crippen molar-refractivity contribution in [2.45, 2.75) is 32.5 Å².